The first-order chi connectivity index (χ1) is 9.27. The van der Waals surface area contributed by atoms with Gasteiger partial charge in [0.2, 0.25) is 0 Å². The zero-order valence-electron chi connectivity index (χ0n) is 12.1. The normalized spacial score (nSPS) is 12.6. The maximum absolute atomic E-state index is 5.95. The topological polar surface area (TPSA) is 21.3 Å². The van der Waals surface area contributed by atoms with Crippen LogP contribution in [-0.2, 0) is 4.74 Å². The Morgan fingerprint density at radius 2 is 1.95 bits per heavy atom. The molecule has 0 heterocycles. The molecule has 1 N–H and O–H groups in total. The molecule has 0 aliphatic carbocycles. The minimum atomic E-state index is 0.546. The van der Waals surface area contributed by atoms with Crippen LogP contribution >= 0.6 is 11.6 Å². The first-order valence-electron chi connectivity index (χ1n) is 7.31. The predicted octanol–water partition coefficient (Wildman–Crippen LogP) is 4.24. The van der Waals surface area contributed by atoms with E-state index in [4.69, 9.17) is 16.3 Å². The summed E-state index contributed by atoms with van der Waals surface area (Å²) in [6.45, 7) is 8.00. The summed E-state index contributed by atoms with van der Waals surface area (Å²) in [6, 6.07) is 8.24. The number of ether oxygens (including phenoxy) is 1. The first kappa shape index (κ1) is 16.5. The van der Waals surface area contributed by atoms with E-state index >= 15 is 0 Å². The third-order valence-electron chi connectivity index (χ3n) is 3.20. The molecule has 1 aromatic rings. The van der Waals surface area contributed by atoms with Crippen molar-refractivity contribution >= 4 is 11.6 Å². The lowest BCUT2D eigenvalue weighted by Crippen LogP contribution is -2.22. The fourth-order valence-corrected chi connectivity index (χ4v) is 2.28. The van der Waals surface area contributed by atoms with Crippen molar-refractivity contribution in [3.05, 3.63) is 34.9 Å². The van der Waals surface area contributed by atoms with E-state index in [9.17, 15) is 0 Å². The zero-order chi connectivity index (χ0) is 13.9. The van der Waals surface area contributed by atoms with Crippen molar-refractivity contribution in [1.29, 1.82) is 0 Å². The van der Waals surface area contributed by atoms with Crippen LogP contribution in [0.5, 0.6) is 0 Å². The van der Waals surface area contributed by atoms with Crippen LogP contribution in [0.25, 0.3) is 0 Å². The van der Waals surface area contributed by atoms with Crippen LogP contribution in [0.1, 0.15) is 44.6 Å². The molecule has 2 nitrogen and oxygen atoms in total. The van der Waals surface area contributed by atoms with Crippen LogP contribution in [0.15, 0.2) is 24.3 Å². The summed E-state index contributed by atoms with van der Waals surface area (Å²) in [7, 11) is 0. The molecule has 19 heavy (non-hydrogen) atoms. The van der Waals surface area contributed by atoms with Crippen LogP contribution in [0, 0.1) is 0 Å². The van der Waals surface area contributed by atoms with Crippen LogP contribution in [0.2, 0.25) is 5.02 Å². The molecule has 0 aliphatic rings. The molecule has 0 aliphatic heterocycles. The highest BCUT2D eigenvalue weighted by Crippen LogP contribution is 2.22. The second-order valence-electron chi connectivity index (χ2n) is 4.79. The van der Waals surface area contributed by atoms with E-state index in [0.29, 0.717) is 5.92 Å². The molecule has 0 spiro atoms. The maximum atomic E-state index is 5.95. The third-order valence-corrected chi connectivity index (χ3v) is 3.46. The van der Waals surface area contributed by atoms with Gasteiger partial charge in [0.1, 0.15) is 0 Å². The number of hydrogen-bond acceptors (Lipinski definition) is 2. The molecule has 1 rings (SSSR count). The van der Waals surface area contributed by atoms with E-state index in [1.165, 1.54) is 12.0 Å². The fourth-order valence-electron chi connectivity index (χ4n) is 2.15. The number of nitrogens with one attached hydrogen (secondary N) is 1. The molecule has 0 saturated heterocycles. The standard InChI is InChI=1S/C16H26ClNO/c1-3-11-18-13-15(6-5-12-19-4-2)14-7-9-16(17)10-8-14/h7-10,15,18H,3-6,11-13H2,1-2H3. The Bertz CT molecular complexity index is 326. The van der Waals surface area contributed by atoms with Gasteiger partial charge < -0.3 is 10.1 Å². The van der Waals surface area contributed by atoms with E-state index in [2.05, 4.69) is 24.4 Å². The van der Waals surface area contributed by atoms with Gasteiger partial charge in [-0.2, -0.15) is 0 Å². The molecule has 3 heteroatoms. The summed E-state index contributed by atoms with van der Waals surface area (Å²) in [6.07, 6.45) is 3.43. The minimum Gasteiger partial charge on any atom is -0.382 e. The van der Waals surface area contributed by atoms with Gasteiger partial charge in [-0.3, -0.25) is 0 Å². The third kappa shape index (κ3) is 6.95. The zero-order valence-corrected chi connectivity index (χ0v) is 12.9. The van der Waals surface area contributed by atoms with E-state index < -0.39 is 0 Å². The maximum Gasteiger partial charge on any atom is 0.0466 e. The Hall–Kier alpha value is -0.570. The van der Waals surface area contributed by atoms with Crippen LogP contribution in [-0.4, -0.2) is 26.3 Å². The lowest BCUT2D eigenvalue weighted by molar-refractivity contribution is 0.141. The van der Waals surface area contributed by atoms with E-state index in [-0.39, 0.29) is 0 Å². The van der Waals surface area contributed by atoms with Crippen LogP contribution < -0.4 is 5.32 Å². The van der Waals surface area contributed by atoms with Crippen molar-refractivity contribution in [2.24, 2.45) is 0 Å². The van der Waals surface area contributed by atoms with Crippen molar-refractivity contribution in [1.82, 2.24) is 5.32 Å². The summed E-state index contributed by atoms with van der Waals surface area (Å²) in [5.74, 6) is 0.546. The number of benzene rings is 1. The summed E-state index contributed by atoms with van der Waals surface area (Å²) in [5.41, 5.74) is 1.37. The van der Waals surface area contributed by atoms with Crippen molar-refractivity contribution in [2.75, 3.05) is 26.3 Å². The Morgan fingerprint density at radius 1 is 1.21 bits per heavy atom. The minimum absolute atomic E-state index is 0.546. The van der Waals surface area contributed by atoms with Gasteiger partial charge in [0.05, 0.1) is 0 Å². The average molecular weight is 284 g/mol. The highest BCUT2D eigenvalue weighted by molar-refractivity contribution is 6.30. The summed E-state index contributed by atoms with van der Waals surface area (Å²) < 4.78 is 5.42. The van der Waals surface area contributed by atoms with Gasteiger partial charge in [-0.05, 0) is 56.3 Å². The molecular formula is C16H26ClNO. The van der Waals surface area contributed by atoms with Gasteiger partial charge in [-0.1, -0.05) is 30.7 Å². The van der Waals surface area contributed by atoms with Crippen molar-refractivity contribution in [3.8, 4) is 0 Å². The first-order valence-corrected chi connectivity index (χ1v) is 7.69. The second kappa shape index (κ2) is 10.2. The Kier molecular flexibility index (Phi) is 8.89. The molecule has 1 unspecified atom stereocenters. The fraction of sp³-hybridized carbons (Fsp3) is 0.625. The number of hydrogen-bond donors (Lipinski definition) is 1. The summed E-state index contributed by atoms with van der Waals surface area (Å²) in [5, 5.41) is 4.32. The smallest absolute Gasteiger partial charge is 0.0466 e. The quantitative estimate of drug-likeness (QED) is 0.649. The van der Waals surface area contributed by atoms with Gasteiger partial charge in [0, 0.05) is 24.8 Å². The van der Waals surface area contributed by atoms with E-state index in [1.807, 2.05) is 19.1 Å². The molecule has 0 bridgehead atoms. The molecule has 0 fully saturated rings. The molecule has 0 radical (unpaired) electrons. The largest absolute Gasteiger partial charge is 0.382 e. The summed E-state index contributed by atoms with van der Waals surface area (Å²) in [4.78, 5) is 0. The highest BCUT2D eigenvalue weighted by Gasteiger charge is 2.10. The molecule has 1 atom stereocenters. The average Bonchev–Trinajstić information content (AvgIpc) is 2.43. The van der Waals surface area contributed by atoms with Gasteiger partial charge in [-0.25, -0.2) is 0 Å². The molecular weight excluding hydrogens is 258 g/mol. The molecule has 0 amide bonds. The van der Waals surface area contributed by atoms with Crippen molar-refractivity contribution in [2.45, 2.75) is 39.0 Å². The molecule has 108 valence electrons. The lowest BCUT2D eigenvalue weighted by atomic mass is 9.94. The molecule has 0 saturated carbocycles. The monoisotopic (exact) mass is 283 g/mol. The lowest BCUT2D eigenvalue weighted by Gasteiger charge is -2.18. The van der Waals surface area contributed by atoms with E-state index in [1.54, 1.807) is 0 Å². The van der Waals surface area contributed by atoms with Gasteiger partial charge in [0.15, 0.2) is 0 Å². The SMILES string of the molecule is CCCNCC(CCCOCC)c1ccc(Cl)cc1. The van der Waals surface area contributed by atoms with Crippen LogP contribution in [0.3, 0.4) is 0 Å². The molecule has 1 aromatic carbocycles. The summed E-state index contributed by atoms with van der Waals surface area (Å²) >= 11 is 5.95. The number of rotatable bonds is 10. The molecule has 0 aromatic heterocycles. The Morgan fingerprint density at radius 3 is 2.58 bits per heavy atom. The van der Waals surface area contributed by atoms with Gasteiger partial charge >= 0.3 is 0 Å². The highest BCUT2D eigenvalue weighted by atomic mass is 35.5. The second-order valence-corrected chi connectivity index (χ2v) is 5.23. The predicted molar refractivity (Wildman–Crippen MR) is 83.1 cm³/mol. The Balaban J connectivity index is 2.49. The number of halogens is 1. The van der Waals surface area contributed by atoms with Gasteiger partial charge in [-0.15, -0.1) is 0 Å². The van der Waals surface area contributed by atoms with Gasteiger partial charge in [0.25, 0.3) is 0 Å². The van der Waals surface area contributed by atoms with Crippen LogP contribution in [0.4, 0.5) is 0 Å². The van der Waals surface area contributed by atoms with E-state index in [0.717, 1.165) is 44.2 Å². The van der Waals surface area contributed by atoms with Crippen molar-refractivity contribution < 1.29 is 4.74 Å². The Labute approximate surface area is 122 Å². The van der Waals surface area contributed by atoms with Crippen molar-refractivity contribution in [3.63, 3.8) is 0 Å².